The van der Waals surface area contributed by atoms with Gasteiger partial charge in [0.25, 0.3) is 0 Å². The van der Waals surface area contributed by atoms with Gasteiger partial charge in [0.05, 0.1) is 0 Å². The molecule has 2 aliphatic heterocycles. The van der Waals surface area contributed by atoms with Crippen molar-refractivity contribution in [2.75, 3.05) is 26.8 Å². The molecule has 3 unspecified atom stereocenters. The fourth-order valence-electron chi connectivity index (χ4n) is 3.09. The van der Waals surface area contributed by atoms with Gasteiger partial charge in [-0.1, -0.05) is 6.07 Å². The average Bonchev–Trinajstić information content (AvgIpc) is 2.76. The summed E-state index contributed by atoms with van der Waals surface area (Å²) in [5.41, 5.74) is 1.26. The van der Waals surface area contributed by atoms with Gasteiger partial charge in [0.1, 0.15) is 13.2 Å². The molecule has 4 nitrogen and oxygen atoms in total. The molecular formula is C16H24N2O2. The fourth-order valence-corrected chi connectivity index (χ4v) is 3.09. The summed E-state index contributed by atoms with van der Waals surface area (Å²) in [6, 6.07) is 7.82. The van der Waals surface area contributed by atoms with Crippen LogP contribution in [0.25, 0.3) is 0 Å². The molecule has 1 N–H and O–H groups in total. The first-order valence-corrected chi connectivity index (χ1v) is 7.49. The first kappa shape index (κ1) is 13.7. The van der Waals surface area contributed by atoms with Crippen LogP contribution in [-0.4, -0.2) is 43.8 Å². The highest BCUT2D eigenvalue weighted by molar-refractivity contribution is 5.44. The Kier molecular flexibility index (Phi) is 3.85. The molecule has 2 heterocycles. The Bertz CT molecular complexity index is 468. The summed E-state index contributed by atoms with van der Waals surface area (Å²) in [6.07, 6.45) is 1.21. The molecule has 4 heteroatoms. The van der Waals surface area contributed by atoms with Crippen molar-refractivity contribution < 1.29 is 9.47 Å². The van der Waals surface area contributed by atoms with Crippen molar-refractivity contribution in [3.05, 3.63) is 23.8 Å². The Morgan fingerprint density at radius 2 is 2.00 bits per heavy atom. The molecular weight excluding hydrogens is 252 g/mol. The number of ether oxygens (including phenoxy) is 2. The van der Waals surface area contributed by atoms with Gasteiger partial charge in [0.15, 0.2) is 11.5 Å². The standard InChI is InChI=1S/C16H24N2O2/c1-11-8-14(10-18(11)3)17-12(2)13-4-5-15-16(9-13)20-7-6-19-15/h4-5,9,11-12,14,17H,6-8,10H2,1-3H3. The van der Waals surface area contributed by atoms with Crippen LogP contribution in [0, 0.1) is 0 Å². The van der Waals surface area contributed by atoms with Crippen LogP contribution >= 0.6 is 0 Å². The second kappa shape index (κ2) is 5.62. The maximum atomic E-state index is 5.66. The van der Waals surface area contributed by atoms with E-state index in [9.17, 15) is 0 Å². The summed E-state index contributed by atoms with van der Waals surface area (Å²) in [6.45, 7) is 6.91. The second-order valence-corrected chi connectivity index (χ2v) is 6.01. The molecule has 3 rings (SSSR count). The first-order valence-electron chi connectivity index (χ1n) is 7.49. The molecule has 1 fully saturated rings. The van der Waals surface area contributed by atoms with Gasteiger partial charge < -0.3 is 19.7 Å². The summed E-state index contributed by atoms with van der Waals surface area (Å²) in [5, 5.41) is 3.72. The van der Waals surface area contributed by atoms with E-state index in [0.29, 0.717) is 31.3 Å². The monoisotopic (exact) mass is 276 g/mol. The predicted octanol–water partition coefficient (Wildman–Crippen LogP) is 2.20. The Balaban J connectivity index is 1.66. The van der Waals surface area contributed by atoms with E-state index in [4.69, 9.17) is 9.47 Å². The topological polar surface area (TPSA) is 33.7 Å². The largest absolute Gasteiger partial charge is 0.486 e. The van der Waals surface area contributed by atoms with Crippen molar-refractivity contribution in [1.29, 1.82) is 0 Å². The lowest BCUT2D eigenvalue weighted by molar-refractivity contribution is 0.171. The van der Waals surface area contributed by atoms with Crippen molar-refractivity contribution >= 4 is 0 Å². The number of benzene rings is 1. The van der Waals surface area contributed by atoms with Crippen molar-refractivity contribution in [2.24, 2.45) is 0 Å². The summed E-state index contributed by atoms with van der Waals surface area (Å²) in [4.78, 5) is 2.41. The molecule has 2 aliphatic rings. The minimum Gasteiger partial charge on any atom is -0.486 e. The second-order valence-electron chi connectivity index (χ2n) is 6.01. The molecule has 0 amide bonds. The minimum atomic E-state index is 0.328. The summed E-state index contributed by atoms with van der Waals surface area (Å²) < 4.78 is 11.2. The maximum Gasteiger partial charge on any atom is 0.161 e. The third kappa shape index (κ3) is 2.76. The normalized spacial score (nSPS) is 27.6. The van der Waals surface area contributed by atoms with Crippen LogP contribution in [0.15, 0.2) is 18.2 Å². The lowest BCUT2D eigenvalue weighted by Gasteiger charge is -2.23. The van der Waals surface area contributed by atoms with E-state index in [1.54, 1.807) is 0 Å². The number of likely N-dealkylation sites (tertiary alicyclic amines) is 1. The highest BCUT2D eigenvalue weighted by Gasteiger charge is 2.27. The first-order chi connectivity index (χ1) is 9.63. The Hall–Kier alpha value is -1.26. The van der Waals surface area contributed by atoms with E-state index in [1.165, 1.54) is 12.0 Å². The molecule has 3 atom stereocenters. The lowest BCUT2D eigenvalue weighted by atomic mass is 10.1. The molecule has 20 heavy (non-hydrogen) atoms. The molecule has 0 spiro atoms. The van der Waals surface area contributed by atoms with Crippen LogP contribution < -0.4 is 14.8 Å². The number of likely N-dealkylation sites (N-methyl/N-ethyl adjacent to an activating group) is 1. The molecule has 0 saturated carbocycles. The van der Waals surface area contributed by atoms with E-state index < -0.39 is 0 Å². The maximum absolute atomic E-state index is 5.66. The fraction of sp³-hybridized carbons (Fsp3) is 0.625. The van der Waals surface area contributed by atoms with Gasteiger partial charge in [-0.2, -0.15) is 0 Å². The number of fused-ring (bicyclic) bond motifs is 1. The zero-order valence-electron chi connectivity index (χ0n) is 12.6. The Morgan fingerprint density at radius 3 is 2.70 bits per heavy atom. The number of rotatable bonds is 3. The molecule has 0 aliphatic carbocycles. The molecule has 1 aromatic carbocycles. The molecule has 110 valence electrons. The highest BCUT2D eigenvalue weighted by atomic mass is 16.6. The predicted molar refractivity (Wildman–Crippen MR) is 79.5 cm³/mol. The van der Waals surface area contributed by atoms with Gasteiger partial charge in [0.2, 0.25) is 0 Å². The van der Waals surface area contributed by atoms with Gasteiger partial charge in [0, 0.05) is 24.7 Å². The van der Waals surface area contributed by atoms with Gasteiger partial charge in [-0.05, 0) is 45.0 Å². The van der Waals surface area contributed by atoms with Crippen LogP contribution in [0.5, 0.6) is 11.5 Å². The smallest absolute Gasteiger partial charge is 0.161 e. The number of hydrogen-bond donors (Lipinski definition) is 1. The van der Waals surface area contributed by atoms with Crippen LogP contribution in [-0.2, 0) is 0 Å². The SMILES string of the molecule is CC(NC1CC(C)N(C)C1)c1ccc2c(c1)OCCO2. The van der Waals surface area contributed by atoms with E-state index >= 15 is 0 Å². The Morgan fingerprint density at radius 1 is 1.25 bits per heavy atom. The summed E-state index contributed by atoms with van der Waals surface area (Å²) in [7, 11) is 2.20. The lowest BCUT2D eigenvalue weighted by Crippen LogP contribution is -2.33. The van der Waals surface area contributed by atoms with E-state index in [0.717, 1.165) is 18.0 Å². The van der Waals surface area contributed by atoms with Crippen LogP contribution in [0.2, 0.25) is 0 Å². The Labute approximate surface area is 121 Å². The number of nitrogens with zero attached hydrogens (tertiary/aromatic N) is 1. The van der Waals surface area contributed by atoms with E-state index in [1.807, 2.05) is 6.07 Å². The van der Waals surface area contributed by atoms with Gasteiger partial charge in [-0.3, -0.25) is 0 Å². The van der Waals surface area contributed by atoms with Crippen molar-refractivity contribution in [3.63, 3.8) is 0 Å². The van der Waals surface area contributed by atoms with Crippen LogP contribution in [0.3, 0.4) is 0 Å². The number of hydrogen-bond acceptors (Lipinski definition) is 4. The molecule has 0 radical (unpaired) electrons. The van der Waals surface area contributed by atoms with Crippen molar-refractivity contribution in [3.8, 4) is 11.5 Å². The average molecular weight is 276 g/mol. The number of nitrogens with one attached hydrogen (secondary N) is 1. The third-order valence-corrected chi connectivity index (χ3v) is 4.44. The van der Waals surface area contributed by atoms with E-state index in [-0.39, 0.29) is 0 Å². The summed E-state index contributed by atoms with van der Waals surface area (Å²) in [5.74, 6) is 1.74. The third-order valence-electron chi connectivity index (χ3n) is 4.44. The molecule has 0 bridgehead atoms. The van der Waals surface area contributed by atoms with Crippen molar-refractivity contribution in [2.45, 2.75) is 38.4 Å². The zero-order valence-corrected chi connectivity index (χ0v) is 12.6. The molecule has 1 saturated heterocycles. The van der Waals surface area contributed by atoms with Crippen LogP contribution in [0.4, 0.5) is 0 Å². The van der Waals surface area contributed by atoms with Crippen LogP contribution in [0.1, 0.15) is 31.9 Å². The van der Waals surface area contributed by atoms with Gasteiger partial charge >= 0.3 is 0 Å². The zero-order chi connectivity index (χ0) is 14.1. The minimum absolute atomic E-state index is 0.328. The van der Waals surface area contributed by atoms with Gasteiger partial charge in [-0.15, -0.1) is 0 Å². The quantitative estimate of drug-likeness (QED) is 0.917. The van der Waals surface area contributed by atoms with Crippen molar-refractivity contribution in [1.82, 2.24) is 10.2 Å². The molecule has 0 aromatic heterocycles. The highest BCUT2D eigenvalue weighted by Crippen LogP contribution is 2.33. The summed E-state index contributed by atoms with van der Waals surface area (Å²) >= 11 is 0. The van der Waals surface area contributed by atoms with E-state index in [2.05, 4.69) is 43.2 Å². The van der Waals surface area contributed by atoms with Gasteiger partial charge in [-0.25, -0.2) is 0 Å². The molecule has 1 aromatic rings.